The lowest BCUT2D eigenvalue weighted by molar-refractivity contribution is -0.137. The summed E-state index contributed by atoms with van der Waals surface area (Å²) in [6.45, 7) is 6.77. The highest BCUT2D eigenvalue weighted by Gasteiger charge is 2.39. The van der Waals surface area contributed by atoms with Gasteiger partial charge in [-0.3, -0.25) is 0 Å². The summed E-state index contributed by atoms with van der Waals surface area (Å²) < 4.78 is 41.5. The third kappa shape index (κ3) is 4.86. The fourth-order valence-corrected chi connectivity index (χ4v) is 5.29. The van der Waals surface area contributed by atoms with Crippen molar-refractivity contribution in [2.45, 2.75) is 69.9 Å². The summed E-state index contributed by atoms with van der Waals surface area (Å²) in [6, 6.07) is 4.99. The van der Waals surface area contributed by atoms with Crippen LogP contribution in [0.25, 0.3) is 16.7 Å². The van der Waals surface area contributed by atoms with Crippen LogP contribution in [0.15, 0.2) is 30.5 Å². The van der Waals surface area contributed by atoms with Crippen LogP contribution in [0, 0.1) is 5.92 Å². The van der Waals surface area contributed by atoms with Crippen molar-refractivity contribution in [3.63, 3.8) is 0 Å². The third-order valence-corrected chi connectivity index (χ3v) is 7.33. The van der Waals surface area contributed by atoms with E-state index in [4.69, 9.17) is 4.98 Å². The highest BCUT2D eigenvalue weighted by molar-refractivity contribution is 5.89. The Morgan fingerprint density at radius 1 is 1.11 bits per heavy atom. The first-order valence-electron chi connectivity index (χ1n) is 12.2. The van der Waals surface area contributed by atoms with Crippen LogP contribution in [-0.4, -0.2) is 60.3 Å². The van der Waals surface area contributed by atoms with Crippen LogP contribution in [-0.2, 0) is 6.18 Å². The predicted octanol–water partition coefficient (Wildman–Crippen LogP) is 4.15. The molecule has 2 aliphatic rings. The third-order valence-electron chi connectivity index (χ3n) is 7.33. The van der Waals surface area contributed by atoms with Gasteiger partial charge in [0.15, 0.2) is 5.65 Å². The number of anilines is 2. The largest absolute Gasteiger partial charge is 0.416 e. The molecule has 0 atom stereocenters. The Bertz CT molecular complexity index is 1250. The summed E-state index contributed by atoms with van der Waals surface area (Å²) in [4.78, 5) is 11.5. The minimum atomic E-state index is -4.47. The minimum absolute atomic E-state index is 0.00356. The molecule has 8 nitrogen and oxygen atoms in total. The first-order valence-corrected chi connectivity index (χ1v) is 12.2. The van der Waals surface area contributed by atoms with E-state index >= 15 is 0 Å². The van der Waals surface area contributed by atoms with Crippen molar-refractivity contribution in [2.75, 3.05) is 23.3 Å². The lowest BCUT2D eigenvalue weighted by Crippen LogP contribution is -2.48. The van der Waals surface area contributed by atoms with Gasteiger partial charge in [0.1, 0.15) is 5.82 Å². The Hall–Kier alpha value is -2.92. The number of aromatic nitrogens is 4. The SMILES string of the molecule is CC1(O)CC(Nc2nc(N3CCC(C(C)(C)O)CC3)c3cnn(-c4cccc(C(F)(F)F)c4)c3n2)C1. The Balaban J connectivity index is 1.53. The fourth-order valence-electron chi connectivity index (χ4n) is 5.29. The smallest absolute Gasteiger partial charge is 0.390 e. The molecule has 1 saturated carbocycles. The van der Waals surface area contributed by atoms with E-state index in [2.05, 4.69) is 20.3 Å². The number of piperidine rings is 1. The highest BCUT2D eigenvalue weighted by atomic mass is 19.4. The molecule has 0 bridgehead atoms. The molecular formula is C25H31F3N6O2. The number of aliphatic hydroxyl groups is 2. The summed E-state index contributed by atoms with van der Waals surface area (Å²) in [5.41, 5.74) is -1.61. The summed E-state index contributed by atoms with van der Waals surface area (Å²) in [6.07, 6.45) is -0.222. The number of nitrogens with zero attached hydrogens (tertiary/aromatic N) is 5. The van der Waals surface area contributed by atoms with Gasteiger partial charge in [0.05, 0.1) is 34.0 Å². The van der Waals surface area contributed by atoms with E-state index in [-0.39, 0.29) is 17.6 Å². The van der Waals surface area contributed by atoms with Crippen molar-refractivity contribution in [1.29, 1.82) is 0 Å². The van der Waals surface area contributed by atoms with Crippen molar-refractivity contribution in [2.24, 2.45) is 5.92 Å². The molecule has 2 fully saturated rings. The zero-order chi connectivity index (χ0) is 25.9. The standard InChI is InChI=1S/C25H31F3N6O2/c1-23(2,35)15-7-9-33(10-8-15)20-19-14-29-34(18-6-4-5-16(11-18)25(26,27)28)21(19)32-22(31-20)30-17-12-24(3,36)13-17/h4-6,11,14-15,17,35-36H,7-10,12-13H2,1-3H3,(H,30,31,32). The van der Waals surface area contributed by atoms with Gasteiger partial charge in [0, 0.05) is 19.1 Å². The van der Waals surface area contributed by atoms with Crippen LogP contribution in [0.3, 0.4) is 0 Å². The van der Waals surface area contributed by atoms with Crippen LogP contribution in [0.1, 0.15) is 52.0 Å². The van der Waals surface area contributed by atoms with Crippen LogP contribution >= 0.6 is 0 Å². The summed E-state index contributed by atoms with van der Waals surface area (Å²) in [5.74, 6) is 1.16. The molecule has 2 aromatic heterocycles. The van der Waals surface area contributed by atoms with Gasteiger partial charge in [-0.05, 0) is 70.6 Å². The number of fused-ring (bicyclic) bond motifs is 1. The normalized spacial score (nSPS) is 23.7. The van der Waals surface area contributed by atoms with E-state index in [1.807, 2.05) is 13.8 Å². The fraction of sp³-hybridized carbons (Fsp3) is 0.560. The second-order valence-electron chi connectivity index (χ2n) is 10.9. The second-order valence-corrected chi connectivity index (χ2v) is 10.9. The summed E-state index contributed by atoms with van der Waals surface area (Å²) in [7, 11) is 0. The van der Waals surface area contributed by atoms with Crippen molar-refractivity contribution in [3.8, 4) is 5.69 Å². The van der Waals surface area contributed by atoms with Gasteiger partial charge in [0.25, 0.3) is 0 Å². The maximum atomic E-state index is 13.4. The minimum Gasteiger partial charge on any atom is -0.390 e. The maximum Gasteiger partial charge on any atom is 0.416 e. The van der Waals surface area contributed by atoms with Gasteiger partial charge in [-0.15, -0.1) is 0 Å². The summed E-state index contributed by atoms with van der Waals surface area (Å²) >= 11 is 0. The van der Waals surface area contributed by atoms with Crippen molar-refractivity contribution < 1.29 is 23.4 Å². The van der Waals surface area contributed by atoms with Gasteiger partial charge in [-0.25, -0.2) is 4.68 Å². The monoisotopic (exact) mass is 504 g/mol. The van der Waals surface area contributed by atoms with Gasteiger partial charge in [0.2, 0.25) is 5.95 Å². The Morgan fingerprint density at radius 2 is 1.81 bits per heavy atom. The number of hydrogen-bond acceptors (Lipinski definition) is 7. The summed E-state index contributed by atoms with van der Waals surface area (Å²) in [5, 5.41) is 28.8. The first kappa shape index (κ1) is 24.8. The van der Waals surface area contributed by atoms with Crippen LogP contribution in [0.2, 0.25) is 0 Å². The number of hydrogen-bond donors (Lipinski definition) is 3. The number of rotatable bonds is 5. The number of alkyl halides is 3. The first-order chi connectivity index (χ1) is 16.8. The molecule has 1 aliphatic carbocycles. The van der Waals surface area contributed by atoms with E-state index in [1.54, 1.807) is 19.2 Å². The van der Waals surface area contributed by atoms with Crippen LogP contribution < -0.4 is 10.2 Å². The average Bonchev–Trinajstić information content (AvgIpc) is 3.20. The zero-order valence-corrected chi connectivity index (χ0v) is 20.5. The van der Waals surface area contributed by atoms with Gasteiger partial charge in [-0.2, -0.15) is 28.2 Å². The molecular weight excluding hydrogens is 473 g/mol. The van der Waals surface area contributed by atoms with Crippen molar-refractivity contribution >= 4 is 22.8 Å². The molecule has 1 aliphatic heterocycles. The second kappa shape index (κ2) is 8.58. The molecule has 1 saturated heterocycles. The Kier molecular flexibility index (Phi) is 5.90. The van der Waals surface area contributed by atoms with Crippen LogP contribution in [0.5, 0.6) is 0 Å². The molecule has 0 unspecified atom stereocenters. The molecule has 1 aromatic carbocycles. The molecule has 3 N–H and O–H groups in total. The predicted molar refractivity (Wildman–Crippen MR) is 130 cm³/mol. The molecule has 0 spiro atoms. The lowest BCUT2D eigenvalue weighted by atomic mass is 9.77. The molecule has 0 amide bonds. The highest BCUT2D eigenvalue weighted by Crippen LogP contribution is 2.37. The van der Waals surface area contributed by atoms with Gasteiger partial charge >= 0.3 is 6.18 Å². The van der Waals surface area contributed by atoms with Gasteiger partial charge < -0.3 is 20.4 Å². The average molecular weight is 505 g/mol. The van der Waals surface area contributed by atoms with Gasteiger partial charge in [-0.1, -0.05) is 6.07 Å². The van der Waals surface area contributed by atoms with E-state index in [9.17, 15) is 23.4 Å². The molecule has 11 heteroatoms. The lowest BCUT2D eigenvalue weighted by Gasteiger charge is -2.41. The number of halogens is 3. The van der Waals surface area contributed by atoms with Crippen molar-refractivity contribution in [3.05, 3.63) is 36.0 Å². The maximum absolute atomic E-state index is 13.4. The van der Waals surface area contributed by atoms with E-state index in [0.29, 0.717) is 48.7 Å². The molecule has 5 rings (SSSR count). The molecule has 3 aromatic rings. The molecule has 36 heavy (non-hydrogen) atoms. The quantitative estimate of drug-likeness (QED) is 0.480. The Morgan fingerprint density at radius 3 is 2.42 bits per heavy atom. The topological polar surface area (TPSA) is 99.3 Å². The van der Waals surface area contributed by atoms with E-state index < -0.39 is 22.9 Å². The van der Waals surface area contributed by atoms with Crippen molar-refractivity contribution in [1.82, 2.24) is 19.7 Å². The molecule has 194 valence electrons. The van der Waals surface area contributed by atoms with Crippen LogP contribution in [0.4, 0.5) is 24.9 Å². The number of nitrogens with one attached hydrogen (secondary N) is 1. The molecule has 0 radical (unpaired) electrons. The zero-order valence-electron chi connectivity index (χ0n) is 20.5. The number of benzene rings is 1. The van der Waals surface area contributed by atoms with E-state index in [0.717, 1.165) is 25.0 Å². The Labute approximate surface area is 207 Å². The molecule has 3 heterocycles. The van der Waals surface area contributed by atoms with E-state index in [1.165, 1.54) is 10.7 Å².